The quantitative estimate of drug-likeness (QED) is 0.878. The fourth-order valence-corrected chi connectivity index (χ4v) is 1.77. The van der Waals surface area contributed by atoms with Crippen molar-refractivity contribution in [3.8, 4) is 6.07 Å². The predicted molar refractivity (Wildman–Crippen MR) is 75.7 cm³/mol. The zero-order valence-electron chi connectivity index (χ0n) is 12.0. The lowest BCUT2D eigenvalue weighted by atomic mass is 9.99. The van der Waals surface area contributed by atoms with Crippen LogP contribution in [0.3, 0.4) is 0 Å². The summed E-state index contributed by atoms with van der Waals surface area (Å²) in [6, 6.07) is 10.1. The van der Waals surface area contributed by atoms with E-state index in [1.807, 2.05) is 19.1 Å². The van der Waals surface area contributed by atoms with E-state index in [2.05, 4.69) is 5.32 Å². The second-order valence-corrected chi connectivity index (χ2v) is 4.56. The van der Waals surface area contributed by atoms with E-state index in [-0.39, 0.29) is 5.91 Å². The standard InChI is InChI=1S/C15H19N3O2/c1-4-18(3)15(20)11(2)17-14(19)13(10-16)12-8-6-5-7-9-12/h5-9,11,13H,4H2,1-3H3,(H,17,19). The van der Waals surface area contributed by atoms with Gasteiger partial charge in [-0.25, -0.2) is 0 Å². The van der Waals surface area contributed by atoms with Crippen LogP contribution in [0.15, 0.2) is 30.3 Å². The van der Waals surface area contributed by atoms with E-state index in [1.54, 1.807) is 38.2 Å². The van der Waals surface area contributed by atoms with Crippen LogP contribution in [0.5, 0.6) is 0 Å². The van der Waals surface area contributed by atoms with Gasteiger partial charge in [-0.15, -0.1) is 0 Å². The molecule has 0 bridgehead atoms. The van der Waals surface area contributed by atoms with E-state index >= 15 is 0 Å². The van der Waals surface area contributed by atoms with Crippen molar-refractivity contribution >= 4 is 11.8 Å². The summed E-state index contributed by atoms with van der Waals surface area (Å²) in [5.74, 6) is -1.53. The second kappa shape index (κ2) is 7.29. The minimum absolute atomic E-state index is 0.175. The van der Waals surface area contributed by atoms with Gasteiger partial charge < -0.3 is 10.2 Å². The molecule has 1 N–H and O–H groups in total. The largest absolute Gasteiger partial charge is 0.344 e. The van der Waals surface area contributed by atoms with E-state index in [9.17, 15) is 9.59 Å². The van der Waals surface area contributed by atoms with Crippen LogP contribution in [0.4, 0.5) is 0 Å². The molecular weight excluding hydrogens is 254 g/mol. The fourth-order valence-electron chi connectivity index (χ4n) is 1.77. The number of rotatable bonds is 5. The zero-order chi connectivity index (χ0) is 15.1. The molecule has 0 saturated carbocycles. The second-order valence-electron chi connectivity index (χ2n) is 4.56. The number of benzene rings is 1. The number of hydrogen-bond donors (Lipinski definition) is 1. The zero-order valence-corrected chi connectivity index (χ0v) is 12.0. The van der Waals surface area contributed by atoms with Crippen LogP contribution in [0.2, 0.25) is 0 Å². The molecule has 0 saturated heterocycles. The van der Waals surface area contributed by atoms with Gasteiger partial charge in [-0.3, -0.25) is 9.59 Å². The van der Waals surface area contributed by atoms with Gasteiger partial charge in [0.1, 0.15) is 12.0 Å². The van der Waals surface area contributed by atoms with E-state index < -0.39 is 17.9 Å². The lowest BCUT2D eigenvalue weighted by Gasteiger charge is -2.21. The van der Waals surface area contributed by atoms with Crippen molar-refractivity contribution in [1.82, 2.24) is 10.2 Å². The van der Waals surface area contributed by atoms with Gasteiger partial charge in [0.15, 0.2) is 0 Å². The summed E-state index contributed by atoms with van der Waals surface area (Å²) >= 11 is 0. The third-order valence-electron chi connectivity index (χ3n) is 3.10. The van der Waals surface area contributed by atoms with Crippen LogP contribution in [-0.4, -0.2) is 36.3 Å². The SMILES string of the molecule is CCN(C)C(=O)C(C)NC(=O)C(C#N)c1ccccc1. The Labute approximate surface area is 119 Å². The first-order chi connectivity index (χ1) is 9.51. The first-order valence-corrected chi connectivity index (χ1v) is 6.51. The van der Waals surface area contributed by atoms with E-state index in [1.165, 1.54) is 4.90 Å². The summed E-state index contributed by atoms with van der Waals surface area (Å²) in [7, 11) is 1.67. The maximum atomic E-state index is 12.1. The third kappa shape index (κ3) is 3.82. The number of hydrogen-bond acceptors (Lipinski definition) is 3. The smallest absolute Gasteiger partial charge is 0.244 e. The number of nitrogens with one attached hydrogen (secondary N) is 1. The van der Waals surface area contributed by atoms with Crippen LogP contribution in [0, 0.1) is 11.3 Å². The molecular formula is C15H19N3O2. The van der Waals surface area contributed by atoms with Crippen LogP contribution in [0.1, 0.15) is 25.3 Å². The molecule has 1 aromatic rings. The monoisotopic (exact) mass is 273 g/mol. The summed E-state index contributed by atoms with van der Waals surface area (Å²) in [5.41, 5.74) is 0.621. The van der Waals surface area contributed by atoms with Crippen molar-refractivity contribution in [1.29, 1.82) is 5.26 Å². The Morgan fingerprint density at radius 2 is 1.95 bits per heavy atom. The molecule has 5 heteroatoms. The number of carbonyl (C=O) groups is 2. The van der Waals surface area contributed by atoms with E-state index in [0.717, 1.165) is 0 Å². The number of carbonyl (C=O) groups excluding carboxylic acids is 2. The lowest BCUT2D eigenvalue weighted by Crippen LogP contribution is -2.46. The van der Waals surface area contributed by atoms with Gasteiger partial charge in [0.05, 0.1) is 6.07 Å². The van der Waals surface area contributed by atoms with Crippen LogP contribution in [-0.2, 0) is 9.59 Å². The normalized spacial score (nSPS) is 12.9. The highest BCUT2D eigenvalue weighted by atomic mass is 16.2. The van der Waals surface area contributed by atoms with Crippen molar-refractivity contribution < 1.29 is 9.59 Å². The van der Waals surface area contributed by atoms with Gasteiger partial charge in [0.25, 0.3) is 0 Å². The molecule has 0 aliphatic rings. The number of amides is 2. The molecule has 1 rings (SSSR count). The molecule has 0 heterocycles. The lowest BCUT2D eigenvalue weighted by molar-refractivity contribution is -0.134. The fraction of sp³-hybridized carbons (Fsp3) is 0.400. The number of nitriles is 1. The summed E-state index contributed by atoms with van der Waals surface area (Å²) in [6.07, 6.45) is 0. The maximum absolute atomic E-state index is 12.1. The van der Waals surface area contributed by atoms with Crippen LogP contribution in [0.25, 0.3) is 0 Å². The molecule has 2 amide bonds. The first kappa shape index (κ1) is 15.7. The topological polar surface area (TPSA) is 73.2 Å². The first-order valence-electron chi connectivity index (χ1n) is 6.51. The van der Waals surface area contributed by atoms with Crippen molar-refractivity contribution in [3.63, 3.8) is 0 Å². The molecule has 20 heavy (non-hydrogen) atoms. The Morgan fingerprint density at radius 3 is 2.45 bits per heavy atom. The van der Waals surface area contributed by atoms with Gasteiger partial charge in [-0.2, -0.15) is 5.26 Å². The highest BCUT2D eigenvalue weighted by Crippen LogP contribution is 2.14. The van der Waals surface area contributed by atoms with Gasteiger partial charge >= 0.3 is 0 Å². The predicted octanol–water partition coefficient (Wildman–Crippen LogP) is 1.28. The summed E-state index contributed by atoms with van der Waals surface area (Å²) in [5, 5.41) is 11.7. The highest BCUT2D eigenvalue weighted by molar-refractivity contribution is 5.91. The molecule has 0 spiro atoms. The molecule has 0 aliphatic carbocycles. The molecule has 0 fully saturated rings. The van der Waals surface area contributed by atoms with Crippen molar-refractivity contribution in [2.75, 3.05) is 13.6 Å². The Kier molecular flexibility index (Phi) is 5.73. The van der Waals surface area contributed by atoms with Gasteiger partial charge in [0, 0.05) is 13.6 Å². The Bertz CT molecular complexity index is 508. The van der Waals surface area contributed by atoms with Crippen molar-refractivity contribution in [2.24, 2.45) is 0 Å². The summed E-state index contributed by atoms with van der Waals surface area (Å²) < 4.78 is 0. The molecule has 2 unspecified atom stereocenters. The Balaban J connectivity index is 2.75. The van der Waals surface area contributed by atoms with Crippen molar-refractivity contribution in [2.45, 2.75) is 25.8 Å². The number of nitrogens with zero attached hydrogens (tertiary/aromatic N) is 2. The molecule has 106 valence electrons. The van der Waals surface area contributed by atoms with Crippen molar-refractivity contribution in [3.05, 3.63) is 35.9 Å². The van der Waals surface area contributed by atoms with E-state index in [4.69, 9.17) is 5.26 Å². The van der Waals surface area contributed by atoms with Crippen LogP contribution >= 0.6 is 0 Å². The number of likely N-dealkylation sites (N-methyl/N-ethyl adjacent to an activating group) is 1. The summed E-state index contributed by atoms with van der Waals surface area (Å²) in [4.78, 5) is 25.5. The molecule has 0 aromatic heterocycles. The minimum atomic E-state index is -0.904. The summed E-state index contributed by atoms with van der Waals surface area (Å²) in [6.45, 7) is 4.04. The Hall–Kier alpha value is -2.35. The average molecular weight is 273 g/mol. The van der Waals surface area contributed by atoms with Gasteiger partial charge in [0.2, 0.25) is 11.8 Å². The maximum Gasteiger partial charge on any atom is 0.244 e. The van der Waals surface area contributed by atoms with Crippen LogP contribution < -0.4 is 5.32 Å². The third-order valence-corrected chi connectivity index (χ3v) is 3.10. The van der Waals surface area contributed by atoms with E-state index in [0.29, 0.717) is 12.1 Å². The average Bonchev–Trinajstić information content (AvgIpc) is 2.47. The minimum Gasteiger partial charge on any atom is -0.344 e. The van der Waals surface area contributed by atoms with Gasteiger partial charge in [-0.1, -0.05) is 30.3 Å². The molecule has 5 nitrogen and oxygen atoms in total. The van der Waals surface area contributed by atoms with Gasteiger partial charge in [-0.05, 0) is 19.4 Å². The molecule has 0 radical (unpaired) electrons. The molecule has 0 aliphatic heterocycles. The molecule has 1 aromatic carbocycles. The Morgan fingerprint density at radius 1 is 1.35 bits per heavy atom. The highest BCUT2D eigenvalue weighted by Gasteiger charge is 2.24. The molecule has 2 atom stereocenters.